The van der Waals surface area contributed by atoms with Gasteiger partial charge in [-0.2, -0.15) is 0 Å². The molecule has 188 valence electrons. The first-order valence-electron chi connectivity index (χ1n) is 11.1. The first kappa shape index (κ1) is 25.1. The zero-order valence-corrected chi connectivity index (χ0v) is 20.2. The quantitative estimate of drug-likeness (QED) is 0.463. The van der Waals surface area contributed by atoms with Crippen molar-refractivity contribution >= 4 is 33.3 Å². The summed E-state index contributed by atoms with van der Waals surface area (Å²) in [6.45, 7) is 0.401. The van der Waals surface area contributed by atoms with Crippen molar-refractivity contribution in [3.63, 3.8) is 0 Å². The average molecular weight is 513 g/mol. The summed E-state index contributed by atoms with van der Waals surface area (Å²) >= 11 is 0. The molecule has 36 heavy (non-hydrogen) atoms. The molecule has 1 aliphatic heterocycles. The van der Waals surface area contributed by atoms with Gasteiger partial charge in [-0.15, -0.1) is 0 Å². The number of primary sulfonamides is 1. The van der Waals surface area contributed by atoms with E-state index in [0.717, 1.165) is 6.07 Å². The highest BCUT2D eigenvalue weighted by atomic mass is 32.2. The van der Waals surface area contributed by atoms with Crippen LogP contribution in [0.5, 0.6) is 5.75 Å². The van der Waals surface area contributed by atoms with Crippen LogP contribution in [0, 0.1) is 5.82 Å². The van der Waals surface area contributed by atoms with E-state index in [1.54, 1.807) is 37.4 Å². The lowest BCUT2D eigenvalue weighted by molar-refractivity contribution is -0.119. The van der Waals surface area contributed by atoms with Gasteiger partial charge in [0, 0.05) is 29.0 Å². The van der Waals surface area contributed by atoms with Gasteiger partial charge in [0.05, 0.1) is 12.0 Å². The Labute approximate surface area is 208 Å². The van der Waals surface area contributed by atoms with Crippen LogP contribution in [0.4, 0.5) is 20.6 Å². The summed E-state index contributed by atoms with van der Waals surface area (Å²) in [4.78, 5) is 27.0. The zero-order valence-electron chi connectivity index (χ0n) is 19.4. The van der Waals surface area contributed by atoms with E-state index in [0.29, 0.717) is 30.8 Å². The summed E-state index contributed by atoms with van der Waals surface area (Å²) in [6, 6.07) is 15.4. The molecule has 11 heteroatoms. The van der Waals surface area contributed by atoms with Gasteiger partial charge in [0.15, 0.2) is 0 Å². The van der Waals surface area contributed by atoms with E-state index in [9.17, 15) is 22.4 Å². The fourth-order valence-electron chi connectivity index (χ4n) is 4.13. The number of likely N-dealkylation sites (tertiary alicyclic amines) is 1. The molecule has 0 spiro atoms. The minimum absolute atomic E-state index is 0.0268. The fourth-order valence-corrected chi connectivity index (χ4v) is 4.88. The van der Waals surface area contributed by atoms with Crippen molar-refractivity contribution in [1.82, 2.24) is 4.90 Å². The molecule has 0 radical (unpaired) electrons. The van der Waals surface area contributed by atoms with E-state index < -0.39 is 33.8 Å². The minimum Gasteiger partial charge on any atom is -0.497 e. The molecule has 3 amide bonds. The lowest BCUT2D eigenvalue weighted by Gasteiger charge is -2.24. The van der Waals surface area contributed by atoms with Gasteiger partial charge in [0.25, 0.3) is 0 Å². The highest BCUT2D eigenvalue weighted by molar-refractivity contribution is 7.89. The average Bonchev–Trinajstić information content (AvgIpc) is 3.35. The highest BCUT2D eigenvalue weighted by Gasteiger charge is 2.34. The molecule has 4 rings (SSSR count). The molecular formula is C25H25FN4O5S. The SMILES string of the molecule is COc1ccc(NC(=O)N2CCCC2C(=O)Nc2ccc(-c3ccccc3S(N)(=O)=O)c(F)c2)cc1. The molecule has 1 aliphatic rings. The predicted octanol–water partition coefficient (Wildman–Crippen LogP) is 3.78. The highest BCUT2D eigenvalue weighted by Crippen LogP contribution is 2.31. The fraction of sp³-hybridized carbons (Fsp3) is 0.200. The molecule has 1 atom stereocenters. The van der Waals surface area contributed by atoms with Gasteiger partial charge in [0.2, 0.25) is 15.9 Å². The molecule has 0 saturated carbocycles. The van der Waals surface area contributed by atoms with Crippen molar-refractivity contribution in [3.05, 3.63) is 72.5 Å². The predicted molar refractivity (Wildman–Crippen MR) is 134 cm³/mol. The molecule has 1 fully saturated rings. The van der Waals surface area contributed by atoms with Crippen LogP contribution >= 0.6 is 0 Å². The third kappa shape index (κ3) is 5.47. The van der Waals surface area contributed by atoms with Crippen molar-refractivity contribution in [3.8, 4) is 16.9 Å². The van der Waals surface area contributed by atoms with Crippen LogP contribution in [-0.2, 0) is 14.8 Å². The molecule has 0 bridgehead atoms. The second kappa shape index (κ2) is 10.3. The Hall–Kier alpha value is -3.96. The molecule has 3 aromatic rings. The first-order chi connectivity index (χ1) is 17.2. The smallest absolute Gasteiger partial charge is 0.322 e. The molecule has 4 N–H and O–H groups in total. The van der Waals surface area contributed by atoms with Gasteiger partial charge in [0.1, 0.15) is 17.6 Å². The summed E-state index contributed by atoms with van der Waals surface area (Å²) in [5.41, 5.74) is 0.882. The third-order valence-corrected chi connectivity index (χ3v) is 6.85. The normalized spacial score (nSPS) is 15.4. The van der Waals surface area contributed by atoms with Crippen LogP contribution < -0.4 is 20.5 Å². The number of sulfonamides is 1. The van der Waals surface area contributed by atoms with Crippen LogP contribution in [-0.4, -0.2) is 45.0 Å². The number of carbonyl (C=O) groups is 2. The van der Waals surface area contributed by atoms with E-state index in [1.807, 2.05) is 0 Å². The number of benzene rings is 3. The van der Waals surface area contributed by atoms with Gasteiger partial charge in [-0.25, -0.2) is 22.7 Å². The second-order valence-corrected chi connectivity index (χ2v) is 9.76. The Morgan fingerprint density at radius 1 is 1.00 bits per heavy atom. The summed E-state index contributed by atoms with van der Waals surface area (Å²) in [7, 11) is -2.52. The summed E-state index contributed by atoms with van der Waals surface area (Å²) in [5, 5.41) is 10.7. The monoisotopic (exact) mass is 512 g/mol. The van der Waals surface area contributed by atoms with Crippen LogP contribution in [0.2, 0.25) is 0 Å². The van der Waals surface area contributed by atoms with Crippen LogP contribution in [0.1, 0.15) is 12.8 Å². The molecule has 9 nitrogen and oxygen atoms in total. The topological polar surface area (TPSA) is 131 Å². The number of urea groups is 1. The van der Waals surface area contributed by atoms with Crippen molar-refractivity contribution < 1.29 is 27.1 Å². The molecule has 0 aromatic heterocycles. The number of hydrogen-bond donors (Lipinski definition) is 3. The Bertz CT molecular complexity index is 1400. The standard InChI is InChI=1S/C25H25FN4O5S/c1-35-18-11-8-16(9-12-18)29-25(32)30-14-4-6-22(30)24(31)28-17-10-13-19(21(26)15-17)20-5-2-3-7-23(20)36(27,33)34/h2-3,5,7-13,15,22H,4,6,14H2,1H3,(H,28,31)(H,29,32)(H2,27,33,34). The van der Waals surface area contributed by atoms with E-state index in [2.05, 4.69) is 10.6 Å². The Balaban J connectivity index is 1.47. The van der Waals surface area contributed by atoms with Gasteiger partial charge in [-0.05, 0) is 61.4 Å². The van der Waals surface area contributed by atoms with Crippen molar-refractivity contribution in [2.24, 2.45) is 5.14 Å². The van der Waals surface area contributed by atoms with Crippen molar-refractivity contribution in [1.29, 1.82) is 0 Å². The largest absolute Gasteiger partial charge is 0.497 e. The van der Waals surface area contributed by atoms with Crippen LogP contribution in [0.15, 0.2) is 71.6 Å². The van der Waals surface area contributed by atoms with Crippen LogP contribution in [0.3, 0.4) is 0 Å². The number of rotatable bonds is 6. The number of nitrogens with one attached hydrogen (secondary N) is 2. The number of amides is 3. The number of ether oxygens (including phenoxy) is 1. The maximum Gasteiger partial charge on any atom is 0.322 e. The second-order valence-electron chi connectivity index (χ2n) is 8.24. The molecule has 1 unspecified atom stereocenters. The number of nitrogens with zero attached hydrogens (tertiary/aromatic N) is 1. The number of hydrogen-bond acceptors (Lipinski definition) is 5. The molecule has 1 heterocycles. The third-order valence-electron chi connectivity index (χ3n) is 5.88. The molecule has 3 aromatic carbocycles. The van der Waals surface area contributed by atoms with Crippen LogP contribution in [0.25, 0.3) is 11.1 Å². The van der Waals surface area contributed by atoms with Crippen molar-refractivity contribution in [2.45, 2.75) is 23.8 Å². The van der Waals surface area contributed by atoms with Gasteiger partial charge < -0.3 is 20.3 Å². The van der Waals surface area contributed by atoms with E-state index in [1.165, 1.54) is 35.2 Å². The van der Waals surface area contributed by atoms with Gasteiger partial charge >= 0.3 is 6.03 Å². The summed E-state index contributed by atoms with van der Waals surface area (Å²) in [6.07, 6.45) is 1.11. The number of methoxy groups -OCH3 is 1. The summed E-state index contributed by atoms with van der Waals surface area (Å²) in [5.74, 6) is -0.531. The Morgan fingerprint density at radius 3 is 2.36 bits per heavy atom. The summed E-state index contributed by atoms with van der Waals surface area (Å²) < 4.78 is 43.8. The maximum absolute atomic E-state index is 15.0. The van der Waals surface area contributed by atoms with Crippen molar-refractivity contribution in [2.75, 3.05) is 24.3 Å². The first-order valence-corrected chi connectivity index (χ1v) is 12.7. The number of carbonyl (C=O) groups excluding carboxylic acids is 2. The van der Waals surface area contributed by atoms with Gasteiger partial charge in [-0.3, -0.25) is 4.79 Å². The lowest BCUT2D eigenvalue weighted by atomic mass is 10.0. The number of anilines is 2. The maximum atomic E-state index is 15.0. The number of halogens is 1. The van der Waals surface area contributed by atoms with Gasteiger partial charge in [-0.1, -0.05) is 18.2 Å². The zero-order chi connectivity index (χ0) is 25.9. The Morgan fingerprint density at radius 2 is 1.69 bits per heavy atom. The van der Waals surface area contributed by atoms with E-state index >= 15 is 0 Å². The molecular weight excluding hydrogens is 487 g/mol. The van der Waals surface area contributed by atoms with E-state index in [4.69, 9.17) is 9.88 Å². The number of nitrogens with two attached hydrogens (primary N) is 1. The molecule has 1 saturated heterocycles. The minimum atomic E-state index is -4.07. The lowest BCUT2D eigenvalue weighted by Crippen LogP contribution is -2.45. The molecule has 0 aliphatic carbocycles. The Kier molecular flexibility index (Phi) is 7.22. The van der Waals surface area contributed by atoms with E-state index in [-0.39, 0.29) is 21.7 Å².